The molecule has 1 aliphatic rings. The van der Waals surface area contributed by atoms with Crippen LogP contribution in [0.4, 0.5) is 0 Å². The molecule has 0 radical (unpaired) electrons. The lowest BCUT2D eigenvalue weighted by atomic mass is 9.88. The highest BCUT2D eigenvalue weighted by Gasteiger charge is 2.25. The summed E-state index contributed by atoms with van der Waals surface area (Å²) in [5.41, 5.74) is 0.479. The van der Waals surface area contributed by atoms with Crippen molar-refractivity contribution in [2.45, 2.75) is 51.7 Å². The number of benzene rings is 1. The third kappa shape index (κ3) is 3.97. The summed E-state index contributed by atoms with van der Waals surface area (Å²) in [5, 5.41) is 0.913. The lowest BCUT2D eigenvalue weighted by molar-refractivity contribution is -0.0200. The fourth-order valence-electron chi connectivity index (χ4n) is 2.76. The lowest BCUT2D eigenvalue weighted by Gasteiger charge is -2.29. The summed E-state index contributed by atoms with van der Waals surface area (Å²) in [4.78, 5) is 12.4. The van der Waals surface area contributed by atoms with Crippen LogP contribution in [-0.4, -0.2) is 18.0 Å². The van der Waals surface area contributed by atoms with E-state index in [9.17, 15) is 4.79 Å². The molecule has 3 atom stereocenters. The Balaban J connectivity index is 2.01. The number of Topliss-reactive ketones (excluding diaryl/α,β-unsaturated/α-hetero) is 1. The molecular weight excluding hydrogens is 295 g/mol. The Morgan fingerprint density at radius 1 is 1.35 bits per heavy atom. The Bertz CT molecular complexity index is 487. The van der Waals surface area contributed by atoms with Gasteiger partial charge in [0.2, 0.25) is 0 Å². The van der Waals surface area contributed by atoms with Crippen LogP contribution in [0.25, 0.3) is 0 Å². The predicted octanol–water partition coefficient (Wildman–Crippen LogP) is 5.16. The Morgan fingerprint density at radius 3 is 2.75 bits per heavy atom. The molecule has 1 saturated carbocycles. The average Bonchev–Trinajstić information content (AvgIpc) is 2.38. The summed E-state index contributed by atoms with van der Waals surface area (Å²) in [6.45, 7) is 4.03. The molecule has 4 heteroatoms. The van der Waals surface area contributed by atoms with Gasteiger partial charge >= 0.3 is 0 Å². The minimum Gasteiger partial charge on any atom is -0.367 e. The summed E-state index contributed by atoms with van der Waals surface area (Å²) in [6, 6.07) is 4.93. The van der Waals surface area contributed by atoms with Gasteiger partial charge < -0.3 is 4.74 Å². The Morgan fingerprint density at radius 2 is 2.10 bits per heavy atom. The van der Waals surface area contributed by atoms with Gasteiger partial charge in [-0.05, 0) is 43.9 Å². The molecule has 2 rings (SSSR count). The Labute approximate surface area is 130 Å². The SMILES string of the molecule is CC1CCCC(OC(C)C(=O)c2ccc(Cl)cc2Cl)C1. The molecule has 0 bridgehead atoms. The first-order chi connectivity index (χ1) is 9.47. The molecule has 110 valence electrons. The van der Waals surface area contributed by atoms with Crippen LogP contribution < -0.4 is 0 Å². The first kappa shape index (κ1) is 15.8. The van der Waals surface area contributed by atoms with E-state index in [2.05, 4.69) is 6.92 Å². The number of carbonyl (C=O) groups excluding carboxylic acids is 1. The van der Waals surface area contributed by atoms with Crippen LogP contribution in [0.15, 0.2) is 18.2 Å². The molecule has 0 aromatic heterocycles. The van der Waals surface area contributed by atoms with Gasteiger partial charge in [-0.15, -0.1) is 0 Å². The number of halogens is 2. The minimum absolute atomic E-state index is 0.0788. The van der Waals surface area contributed by atoms with Crippen LogP contribution in [0.1, 0.15) is 49.9 Å². The van der Waals surface area contributed by atoms with Gasteiger partial charge in [-0.25, -0.2) is 0 Å². The molecule has 0 saturated heterocycles. The lowest BCUT2D eigenvalue weighted by Crippen LogP contribution is -2.30. The van der Waals surface area contributed by atoms with Gasteiger partial charge in [-0.1, -0.05) is 43.0 Å². The number of rotatable bonds is 4. The molecule has 1 fully saturated rings. The Kier molecular flexibility index (Phi) is 5.48. The van der Waals surface area contributed by atoms with Gasteiger partial charge in [0.25, 0.3) is 0 Å². The fraction of sp³-hybridized carbons (Fsp3) is 0.562. The van der Waals surface area contributed by atoms with E-state index < -0.39 is 6.10 Å². The molecule has 1 aromatic carbocycles. The van der Waals surface area contributed by atoms with Crippen LogP contribution in [0.2, 0.25) is 10.0 Å². The van der Waals surface area contributed by atoms with Crippen LogP contribution in [0.3, 0.4) is 0 Å². The van der Waals surface area contributed by atoms with Crippen LogP contribution in [-0.2, 0) is 4.74 Å². The molecule has 3 unspecified atom stereocenters. The standard InChI is InChI=1S/C16H20Cl2O2/c1-10-4-3-5-13(8-10)20-11(2)16(19)14-7-6-12(17)9-15(14)18/h6-7,9-11,13H,3-5,8H2,1-2H3. The van der Waals surface area contributed by atoms with Gasteiger partial charge in [0.05, 0.1) is 11.1 Å². The summed E-state index contributed by atoms with van der Waals surface area (Å²) in [7, 11) is 0. The van der Waals surface area contributed by atoms with E-state index in [0.717, 1.165) is 12.8 Å². The van der Waals surface area contributed by atoms with Crippen LogP contribution in [0, 0.1) is 5.92 Å². The third-order valence-corrected chi connectivity index (χ3v) is 4.40. The van der Waals surface area contributed by atoms with E-state index in [1.54, 1.807) is 25.1 Å². The molecule has 1 aliphatic carbocycles. The fourth-order valence-corrected chi connectivity index (χ4v) is 3.26. The molecule has 1 aromatic rings. The van der Waals surface area contributed by atoms with Gasteiger partial charge in [0.15, 0.2) is 5.78 Å². The average molecular weight is 315 g/mol. The second-order valence-electron chi connectivity index (χ2n) is 5.66. The van der Waals surface area contributed by atoms with Crippen molar-refractivity contribution in [1.82, 2.24) is 0 Å². The highest BCUT2D eigenvalue weighted by Crippen LogP contribution is 2.28. The van der Waals surface area contributed by atoms with E-state index in [1.165, 1.54) is 12.8 Å². The first-order valence-corrected chi connectivity index (χ1v) is 7.87. The predicted molar refractivity (Wildman–Crippen MR) is 82.8 cm³/mol. The maximum absolute atomic E-state index is 12.4. The van der Waals surface area contributed by atoms with Crippen molar-refractivity contribution in [2.24, 2.45) is 5.92 Å². The summed E-state index contributed by atoms with van der Waals surface area (Å²) < 4.78 is 5.92. The van der Waals surface area contributed by atoms with Crippen molar-refractivity contribution in [3.63, 3.8) is 0 Å². The van der Waals surface area contributed by atoms with Crippen molar-refractivity contribution in [3.8, 4) is 0 Å². The zero-order chi connectivity index (χ0) is 14.7. The second kappa shape index (κ2) is 6.93. The van der Waals surface area contributed by atoms with E-state index in [4.69, 9.17) is 27.9 Å². The zero-order valence-electron chi connectivity index (χ0n) is 11.9. The van der Waals surface area contributed by atoms with Crippen molar-refractivity contribution in [1.29, 1.82) is 0 Å². The van der Waals surface area contributed by atoms with E-state index >= 15 is 0 Å². The molecule has 20 heavy (non-hydrogen) atoms. The summed E-state index contributed by atoms with van der Waals surface area (Å²) in [6.07, 6.45) is 4.22. The Hall–Kier alpha value is -0.570. The van der Waals surface area contributed by atoms with Gasteiger partial charge in [-0.2, -0.15) is 0 Å². The molecular formula is C16H20Cl2O2. The smallest absolute Gasteiger partial charge is 0.192 e. The first-order valence-electron chi connectivity index (χ1n) is 7.12. The van der Waals surface area contributed by atoms with Crippen LogP contribution >= 0.6 is 23.2 Å². The molecule has 2 nitrogen and oxygen atoms in total. The number of hydrogen-bond acceptors (Lipinski definition) is 2. The highest BCUT2D eigenvalue weighted by molar-refractivity contribution is 6.37. The minimum atomic E-state index is -0.469. The quantitative estimate of drug-likeness (QED) is 0.717. The maximum atomic E-state index is 12.4. The molecule has 0 N–H and O–H groups in total. The second-order valence-corrected chi connectivity index (χ2v) is 6.50. The number of ether oxygens (including phenoxy) is 1. The highest BCUT2D eigenvalue weighted by atomic mass is 35.5. The molecule has 0 aliphatic heterocycles. The van der Waals surface area contributed by atoms with E-state index in [-0.39, 0.29) is 11.9 Å². The van der Waals surface area contributed by atoms with Gasteiger partial charge in [0.1, 0.15) is 6.10 Å². The van der Waals surface area contributed by atoms with Crippen molar-refractivity contribution < 1.29 is 9.53 Å². The topological polar surface area (TPSA) is 26.3 Å². The van der Waals surface area contributed by atoms with Crippen molar-refractivity contribution in [2.75, 3.05) is 0 Å². The monoisotopic (exact) mass is 314 g/mol. The van der Waals surface area contributed by atoms with Gasteiger partial charge in [0, 0.05) is 10.6 Å². The van der Waals surface area contributed by atoms with Crippen molar-refractivity contribution >= 4 is 29.0 Å². The normalized spacial score (nSPS) is 24.4. The number of ketones is 1. The maximum Gasteiger partial charge on any atom is 0.192 e. The zero-order valence-corrected chi connectivity index (χ0v) is 13.4. The van der Waals surface area contributed by atoms with Crippen LogP contribution in [0.5, 0.6) is 0 Å². The molecule has 0 amide bonds. The van der Waals surface area contributed by atoms with Crippen molar-refractivity contribution in [3.05, 3.63) is 33.8 Å². The summed E-state index contributed by atoms with van der Waals surface area (Å²) in [5.74, 6) is 0.597. The molecule has 0 spiro atoms. The number of carbonyl (C=O) groups is 1. The third-order valence-electron chi connectivity index (χ3n) is 3.85. The van der Waals surface area contributed by atoms with E-state index in [0.29, 0.717) is 21.5 Å². The van der Waals surface area contributed by atoms with Gasteiger partial charge in [-0.3, -0.25) is 4.79 Å². The largest absolute Gasteiger partial charge is 0.367 e. The molecule has 0 heterocycles. The summed E-state index contributed by atoms with van der Waals surface area (Å²) >= 11 is 11.9. The van der Waals surface area contributed by atoms with E-state index in [1.807, 2.05) is 0 Å². The number of hydrogen-bond donors (Lipinski definition) is 0.